The fourth-order valence-corrected chi connectivity index (χ4v) is 7.92. The van der Waals surface area contributed by atoms with Gasteiger partial charge in [0, 0.05) is 22.4 Å². The molecule has 0 spiro atoms. The quantitative estimate of drug-likeness (QED) is 0.175. The van der Waals surface area contributed by atoms with E-state index in [4.69, 9.17) is 0 Å². The molecule has 0 aliphatic heterocycles. The average Bonchev–Trinajstić information content (AvgIpc) is 3.42. The van der Waals surface area contributed by atoms with Crippen molar-refractivity contribution in [3.63, 3.8) is 0 Å². The number of hydrogen-bond acceptors (Lipinski definition) is 1. The van der Waals surface area contributed by atoms with Crippen LogP contribution in [0.3, 0.4) is 0 Å². The monoisotopic (exact) mass is 639 g/mol. The van der Waals surface area contributed by atoms with Crippen molar-refractivity contribution in [2.75, 3.05) is 4.90 Å². The van der Waals surface area contributed by atoms with Gasteiger partial charge in [-0.15, -0.1) is 0 Å². The minimum atomic E-state index is -0.0839. The van der Waals surface area contributed by atoms with Crippen LogP contribution in [0.4, 0.5) is 17.1 Å². The van der Waals surface area contributed by atoms with Crippen LogP contribution in [0.25, 0.3) is 55.3 Å². The van der Waals surface area contributed by atoms with E-state index in [-0.39, 0.29) is 5.41 Å². The molecule has 1 nitrogen and oxygen atoms in total. The van der Waals surface area contributed by atoms with E-state index < -0.39 is 0 Å². The van der Waals surface area contributed by atoms with Crippen molar-refractivity contribution < 1.29 is 0 Å². The highest BCUT2D eigenvalue weighted by molar-refractivity contribution is 6.01. The van der Waals surface area contributed by atoms with Crippen LogP contribution in [0.1, 0.15) is 25.0 Å². The Morgan fingerprint density at radius 1 is 0.380 bits per heavy atom. The number of anilines is 3. The molecule has 8 aromatic carbocycles. The molecule has 0 radical (unpaired) electrons. The lowest BCUT2D eigenvalue weighted by Crippen LogP contribution is -2.16. The number of fused-ring (bicyclic) bond motifs is 4. The van der Waals surface area contributed by atoms with Crippen LogP contribution >= 0.6 is 0 Å². The second-order valence-corrected chi connectivity index (χ2v) is 13.8. The lowest BCUT2D eigenvalue weighted by Gasteiger charge is -2.29. The highest BCUT2D eigenvalue weighted by Gasteiger charge is 2.37. The maximum absolute atomic E-state index is 2.44. The van der Waals surface area contributed by atoms with E-state index in [2.05, 4.69) is 207 Å². The predicted octanol–water partition coefficient (Wildman–Crippen LogP) is 13.6. The summed E-state index contributed by atoms with van der Waals surface area (Å²) in [5.41, 5.74) is 16.0. The van der Waals surface area contributed by atoms with Crippen LogP contribution in [0, 0.1) is 0 Å². The molecule has 0 unspecified atom stereocenters. The fraction of sp³-hybridized carbons (Fsp3) is 0.0612. The molecule has 0 heterocycles. The van der Waals surface area contributed by atoms with E-state index in [1.54, 1.807) is 0 Å². The molecular weight excluding hydrogens is 603 g/mol. The number of rotatable bonds is 6. The summed E-state index contributed by atoms with van der Waals surface area (Å²) in [5.74, 6) is 0. The van der Waals surface area contributed by atoms with Crippen molar-refractivity contribution in [1.29, 1.82) is 0 Å². The minimum absolute atomic E-state index is 0.0839. The van der Waals surface area contributed by atoms with E-state index in [0.717, 1.165) is 11.4 Å². The van der Waals surface area contributed by atoms with Crippen LogP contribution in [0.15, 0.2) is 188 Å². The van der Waals surface area contributed by atoms with Crippen molar-refractivity contribution in [2.24, 2.45) is 0 Å². The standard InChI is InChI=1S/C49H37N/c1-49(2)45-21-12-11-20-43(45)48-46(49)22-13-23-47(48)50(40-28-24-36(25-29-40)34-14-5-3-6-15-34)41-30-26-37(27-31-41)44-33-39(35-16-7-4-8-17-35)32-38-18-9-10-19-42(38)44/h3-33H,1-2H3. The van der Waals surface area contributed by atoms with Gasteiger partial charge in [-0.25, -0.2) is 0 Å². The molecule has 0 saturated heterocycles. The van der Waals surface area contributed by atoms with Crippen LogP contribution < -0.4 is 4.90 Å². The normalized spacial score (nSPS) is 12.8. The van der Waals surface area contributed by atoms with Gasteiger partial charge < -0.3 is 4.90 Å². The van der Waals surface area contributed by atoms with Gasteiger partial charge in [-0.05, 0) is 103 Å². The molecule has 1 aliphatic rings. The lowest BCUT2D eigenvalue weighted by atomic mass is 9.82. The molecule has 1 aliphatic carbocycles. The van der Waals surface area contributed by atoms with Crippen LogP contribution in [-0.4, -0.2) is 0 Å². The molecule has 0 saturated carbocycles. The maximum atomic E-state index is 2.44. The van der Waals surface area contributed by atoms with Crippen molar-refractivity contribution in [1.82, 2.24) is 0 Å². The first-order chi connectivity index (χ1) is 24.6. The summed E-state index contributed by atoms with van der Waals surface area (Å²) >= 11 is 0. The molecule has 0 atom stereocenters. The Balaban J connectivity index is 1.20. The van der Waals surface area contributed by atoms with E-state index >= 15 is 0 Å². The zero-order chi connectivity index (χ0) is 33.7. The summed E-state index contributed by atoms with van der Waals surface area (Å²) in [5, 5.41) is 2.50. The van der Waals surface area contributed by atoms with Gasteiger partial charge in [-0.1, -0.05) is 159 Å². The predicted molar refractivity (Wildman–Crippen MR) is 213 cm³/mol. The molecule has 1 heteroatoms. The molecule has 0 aromatic heterocycles. The van der Waals surface area contributed by atoms with E-state index in [0.29, 0.717) is 0 Å². The summed E-state index contributed by atoms with van der Waals surface area (Å²) in [6, 6.07) is 68.6. The van der Waals surface area contributed by atoms with Gasteiger partial charge in [-0.3, -0.25) is 0 Å². The largest absolute Gasteiger partial charge is 0.310 e. The third kappa shape index (κ3) is 5.02. The molecule has 0 N–H and O–H groups in total. The van der Waals surface area contributed by atoms with Gasteiger partial charge in [0.1, 0.15) is 0 Å². The van der Waals surface area contributed by atoms with Gasteiger partial charge in [-0.2, -0.15) is 0 Å². The molecule has 9 rings (SSSR count). The fourth-order valence-electron chi connectivity index (χ4n) is 7.92. The Hall–Kier alpha value is -6.18. The molecule has 0 fully saturated rings. The third-order valence-electron chi connectivity index (χ3n) is 10.5. The molecule has 8 aromatic rings. The second-order valence-electron chi connectivity index (χ2n) is 13.8. The molecule has 0 amide bonds. The van der Waals surface area contributed by atoms with Crippen LogP contribution in [-0.2, 0) is 5.41 Å². The Kier molecular flexibility index (Phi) is 7.21. The maximum Gasteiger partial charge on any atom is 0.0543 e. The molecule has 0 bridgehead atoms. The first-order valence-corrected chi connectivity index (χ1v) is 17.4. The minimum Gasteiger partial charge on any atom is -0.310 e. The molecular formula is C49H37N. The average molecular weight is 640 g/mol. The Morgan fingerprint density at radius 3 is 1.62 bits per heavy atom. The summed E-state index contributed by atoms with van der Waals surface area (Å²) in [6.45, 7) is 4.70. The van der Waals surface area contributed by atoms with Crippen molar-refractivity contribution in [3.05, 3.63) is 199 Å². The van der Waals surface area contributed by atoms with Gasteiger partial charge in [0.25, 0.3) is 0 Å². The smallest absolute Gasteiger partial charge is 0.0543 e. The summed E-state index contributed by atoms with van der Waals surface area (Å²) < 4.78 is 0. The topological polar surface area (TPSA) is 3.24 Å². The lowest BCUT2D eigenvalue weighted by molar-refractivity contribution is 0.660. The van der Waals surface area contributed by atoms with E-state index in [9.17, 15) is 0 Å². The van der Waals surface area contributed by atoms with Crippen LogP contribution in [0.5, 0.6) is 0 Å². The SMILES string of the molecule is CC1(C)c2ccccc2-c2c(N(c3ccc(-c4ccccc4)cc3)c3ccc(-c4cc(-c5ccccc5)cc5ccccc45)cc3)cccc21. The molecule has 238 valence electrons. The first-order valence-electron chi connectivity index (χ1n) is 17.4. The second kappa shape index (κ2) is 12.1. The highest BCUT2D eigenvalue weighted by atomic mass is 15.1. The highest BCUT2D eigenvalue weighted by Crippen LogP contribution is 2.54. The van der Waals surface area contributed by atoms with E-state index in [1.165, 1.54) is 72.1 Å². The third-order valence-corrected chi connectivity index (χ3v) is 10.5. The van der Waals surface area contributed by atoms with Crippen LogP contribution in [0.2, 0.25) is 0 Å². The van der Waals surface area contributed by atoms with Gasteiger partial charge in [0.15, 0.2) is 0 Å². The van der Waals surface area contributed by atoms with Crippen molar-refractivity contribution in [2.45, 2.75) is 19.3 Å². The Morgan fingerprint density at radius 2 is 0.920 bits per heavy atom. The summed E-state index contributed by atoms with van der Waals surface area (Å²) in [4.78, 5) is 2.44. The zero-order valence-corrected chi connectivity index (χ0v) is 28.3. The first kappa shape index (κ1) is 29.9. The van der Waals surface area contributed by atoms with Gasteiger partial charge >= 0.3 is 0 Å². The number of nitrogens with zero attached hydrogens (tertiary/aromatic N) is 1. The summed E-state index contributed by atoms with van der Waals surface area (Å²) in [6.07, 6.45) is 0. The van der Waals surface area contributed by atoms with Crippen molar-refractivity contribution >= 4 is 27.8 Å². The van der Waals surface area contributed by atoms with Crippen molar-refractivity contribution in [3.8, 4) is 44.5 Å². The zero-order valence-electron chi connectivity index (χ0n) is 28.3. The molecule has 50 heavy (non-hydrogen) atoms. The number of hydrogen-bond donors (Lipinski definition) is 0. The Labute approximate surface area is 294 Å². The summed E-state index contributed by atoms with van der Waals surface area (Å²) in [7, 11) is 0. The Bertz CT molecular complexity index is 2470. The van der Waals surface area contributed by atoms with Gasteiger partial charge in [0.05, 0.1) is 5.69 Å². The van der Waals surface area contributed by atoms with E-state index in [1.807, 2.05) is 0 Å². The number of benzene rings is 8. The van der Waals surface area contributed by atoms with Gasteiger partial charge in [0.2, 0.25) is 0 Å².